The molecule has 1 aromatic heterocycles. The van der Waals surface area contributed by atoms with Gasteiger partial charge in [-0.2, -0.15) is 4.57 Å². The lowest BCUT2D eigenvalue weighted by Crippen LogP contribution is -3.00. The maximum atomic E-state index is 13.4. The number of rotatable bonds is 0. The number of fused-ring (bicyclic) bond motifs is 5. The molecule has 0 bridgehead atoms. The summed E-state index contributed by atoms with van der Waals surface area (Å²) in [5.74, 6) is 1.35. The van der Waals surface area contributed by atoms with Gasteiger partial charge in [-0.1, -0.05) is 60.7 Å². The van der Waals surface area contributed by atoms with Crippen molar-refractivity contribution < 1.29 is 21.5 Å². The predicted molar refractivity (Wildman–Crippen MR) is 105 cm³/mol. The molecule has 28 heavy (non-hydrogen) atoms. The third kappa shape index (κ3) is 2.34. The van der Waals surface area contributed by atoms with E-state index in [2.05, 4.69) is 59.2 Å². The Morgan fingerprint density at radius 2 is 1.50 bits per heavy atom. The summed E-state index contributed by atoms with van der Waals surface area (Å²) in [6.45, 7) is 1.47. The molecule has 4 heteroatoms. The molecule has 1 atom stereocenters. The Bertz CT molecular complexity index is 1290. The number of nitrogens with zero attached hydrogens (tertiary/aromatic N) is 2. The predicted octanol–water partition coefficient (Wildman–Crippen LogP) is 0.391. The molecule has 0 spiro atoms. The molecule has 2 aliphatic rings. The van der Waals surface area contributed by atoms with Crippen molar-refractivity contribution >= 4 is 10.9 Å². The molecule has 0 N–H and O–H groups in total. The van der Waals surface area contributed by atoms with Crippen molar-refractivity contribution in [2.24, 2.45) is 0 Å². The average molecular weight is 431 g/mol. The monoisotopic (exact) mass is 430 g/mol. The minimum absolute atomic E-state index is 0. The normalized spacial score (nSPS) is 16.4. The van der Waals surface area contributed by atoms with E-state index in [0.717, 1.165) is 29.7 Å². The summed E-state index contributed by atoms with van der Waals surface area (Å²) in [6.07, 6.45) is 0.935. The van der Waals surface area contributed by atoms with Crippen LogP contribution in [0.5, 0.6) is 0 Å². The summed E-state index contributed by atoms with van der Waals surface area (Å²) in [5.41, 5.74) is 6.48. The van der Waals surface area contributed by atoms with Crippen LogP contribution in [0.25, 0.3) is 10.9 Å². The SMILES string of the molecule is O=c1c2ccccc2[n+]2c3n1Cc1ccccc1CC3c1ccccc1C2.[Br-]. The third-order valence-electron chi connectivity index (χ3n) is 6.17. The molecule has 0 saturated heterocycles. The van der Waals surface area contributed by atoms with Crippen LogP contribution in [-0.4, -0.2) is 4.57 Å². The lowest BCUT2D eigenvalue weighted by Gasteiger charge is -2.25. The highest BCUT2D eigenvalue weighted by atomic mass is 79.9. The van der Waals surface area contributed by atoms with Crippen molar-refractivity contribution in [3.63, 3.8) is 0 Å². The van der Waals surface area contributed by atoms with Gasteiger partial charge in [0.25, 0.3) is 5.82 Å². The van der Waals surface area contributed by atoms with Gasteiger partial charge in [0.1, 0.15) is 24.0 Å². The molecule has 0 radical (unpaired) electrons. The van der Waals surface area contributed by atoms with Crippen molar-refractivity contribution in [3.8, 4) is 0 Å². The number of para-hydroxylation sites is 1. The molecule has 4 aromatic rings. The van der Waals surface area contributed by atoms with Gasteiger partial charge in [-0.25, -0.2) is 9.36 Å². The molecular weight excluding hydrogens is 412 g/mol. The minimum Gasteiger partial charge on any atom is -1.00 e. The molecule has 0 aliphatic carbocycles. The number of benzene rings is 3. The zero-order chi connectivity index (χ0) is 18.0. The number of hydrogen-bond acceptors (Lipinski definition) is 1. The summed E-state index contributed by atoms with van der Waals surface area (Å²) in [5, 5.41) is 0.804. The fourth-order valence-corrected chi connectivity index (χ4v) is 4.93. The van der Waals surface area contributed by atoms with E-state index in [-0.39, 0.29) is 28.5 Å². The highest BCUT2D eigenvalue weighted by Gasteiger charge is 2.39. The van der Waals surface area contributed by atoms with Gasteiger partial charge < -0.3 is 17.0 Å². The first kappa shape index (κ1) is 17.4. The summed E-state index contributed by atoms with van der Waals surface area (Å²) in [7, 11) is 0. The van der Waals surface area contributed by atoms with Crippen LogP contribution in [0.4, 0.5) is 0 Å². The van der Waals surface area contributed by atoms with Crippen molar-refractivity contribution in [1.82, 2.24) is 4.57 Å². The van der Waals surface area contributed by atoms with E-state index >= 15 is 0 Å². The van der Waals surface area contributed by atoms with E-state index < -0.39 is 0 Å². The van der Waals surface area contributed by atoms with E-state index in [1.165, 1.54) is 22.3 Å². The van der Waals surface area contributed by atoms with Gasteiger partial charge in [-0.3, -0.25) is 0 Å². The Kier molecular flexibility index (Phi) is 3.98. The van der Waals surface area contributed by atoms with Crippen LogP contribution in [0.1, 0.15) is 34.0 Å². The Labute approximate surface area is 173 Å². The van der Waals surface area contributed by atoms with Crippen LogP contribution in [0.15, 0.2) is 77.6 Å². The maximum Gasteiger partial charge on any atom is 0.345 e. The summed E-state index contributed by atoms with van der Waals surface area (Å²) in [6, 6.07) is 25.3. The van der Waals surface area contributed by atoms with E-state index in [4.69, 9.17) is 0 Å². The number of halogens is 1. The standard InChI is InChI=1S/C24H19N2O.BrH/c27-24-20-11-5-6-12-22(20)25-15-18-9-3-4-10-19(18)21-13-16-7-1-2-8-17(16)14-26(24)23(21)25;/h1-12,21H,13-15H2;1H/q+1;/p-1. The van der Waals surface area contributed by atoms with E-state index in [1.54, 1.807) is 0 Å². The fourth-order valence-electron chi connectivity index (χ4n) is 4.93. The van der Waals surface area contributed by atoms with E-state index in [0.29, 0.717) is 6.54 Å². The number of hydrogen-bond donors (Lipinski definition) is 0. The van der Waals surface area contributed by atoms with Crippen molar-refractivity contribution in [2.75, 3.05) is 0 Å². The first-order chi connectivity index (χ1) is 13.3. The highest BCUT2D eigenvalue weighted by Crippen LogP contribution is 2.35. The van der Waals surface area contributed by atoms with Crippen molar-refractivity contribution in [3.05, 3.63) is 111 Å². The van der Waals surface area contributed by atoms with Gasteiger partial charge in [-0.15, -0.1) is 0 Å². The zero-order valence-electron chi connectivity index (χ0n) is 15.3. The molecule has 0 saturated carbocycles. The summed E-state index contributed by atoms with van der Waals surface area (Å²) in [4.78, 5) is 13.4. The fraction of sp³-hybridized carbons (Fsp3) is 0.167. The smallest absolute Gasteiger partial charge is 0.345 e. The summed E-state index contributed by atoms with van der Waals surface area (Å²) >= 11 is 0. The Hall–Kier alpha value is -2.72. The van der Waals surface area contributed by atoms with Crippen LogP contribution in [-0.2, 0) is 19.5 Å². The minimum atomic E-state index is 0. The molecule has 1 unspecified atom stereocenters. The molecule has 3 nitrogen and oxygen atoms in total. The first-order valence-electron chi connectivity index (χ1n) is 9.51. The molecule has 2 aliphatic heterocycles. The second kappa shape index (κ2) is 6.42. The van der Waals surface area contributed by atoms with Crippen LogP contribution in [0.2, 0.25) is 0 Å². The molecular formula is C24H19BrN2O. The van der Waals surface area contributed by atoms with Crippen LogP contribution in [0, 0.1) is 0 Å². The molecule has 3 heterocycles. The van der Waals surface area contributed by atoms with Crippen LogP contribution in [0.3, 0.4) is 0 Å². The highest BCUT2D eigenvalue weighted by molar-refractivity contribution is 5.74. The molecule has 3 aromatic carbocycles. The van der Waals surface area contributed by atoms with Crippen LogP contribution < -0.4 is 27.1 Å². The van der Waals surface area contributed by atoms with Crippen molar-refractivity contribution in [1.29, 1.82) is 0 Å². The number of aromatic nitrogens is 2. The van der Waals surface area contributed by atoms with Crippen molar-refractivity contribution in [2.45, 2.75) is 25.4 Å². The average Bonchev–Trinajstić information content (AvgIpc) is 2.89. The van der Waals surface area contributed by atoms with E-state index in [1.807, 2.05) is 22.8 Å². The Morgan fingerprint density at radius 1 is 0.821 bits per heavy atom. The van der Waals surface area contributed by atoms with E-state index in [9.17, 15) is 4.79 Å². The second-order valence-electron chi connectivity index (χ2n) is 7.58. The van der Waals surface area contributed by atoms with Gasteiger partial charge in [0.15, 0.2) is 0 Å². The second-order valence-corrected chi connectivity index (χ2v) is 7.58. The van der Waals surface area contributed by atoms with Gasteiger partial charge in [0.2, 0.25) is 0 Å². The lowest BCUT2D eigenvalue weighted by molar-refractivity contribution is -0.678. The van der Waals surface area contributed by atoms with Gasteiger partial charge >= 0.3 is 5.56 Å². The maximum absolute atomic E-state index is 13.4. The largest absolute Gasteiger partial charge is 1.00 e. The lowest BCUT2D eigenvalue weighted by atomic mass is 9.85. The van der Waals surface area contributed by atoms with Gasteiger partial charge in [0.05, 0.1) is 5.92 Å². The van der Waals surface area contributed by atoms with Gasteiger partial charge in [-0.05, 0) is 40.8 Å². The van der Waals surface area contributed by atoms with Gasteiger partial charge in [0, 0.05) is 0 Å². The Morgan fingerprint density at radius 3 is 2.36 bits per heavy atom. The molecule has 0 amide bonds. The first-order valence-corrected chi connectivity index (χ1v) is 9.51. The third-order valence-corrected chi connectivity index (χ3v) is 6.17. The molecule has 138 valence electrons. The topological polar surface area (TPSA) is 25.9 Å². The quantitative estimate of drug-likeness (QED) is 0.370. The zero-order valence-corrected chi connectivity index (χ0v) is 16.9. The Balaban J connectivity index is 0.00000171. The summed E-state index contributed by atoms with van der Waals surface area (Å²) < 4.78 is 4.39. The van der Waals surface area contributed by atoms with Crippen LogP contribution >= 0.6 is 0 Å². The molecule has 6 rings (SSSR count). The molecule has 0 fully saturated rings.